The molecule has 0 saturated heterocycles. The van der Waals surface area contributed by atoms with Gasteiger partial charge >= 0.3 is 13.2 Å². The van der Waals surface area contributed by atoms with Crippen LogP contribution in [-0.4, -0.2) is 69.2 Å². The molecule has 12 rings (SSSR count). The van der Waals surface area contributed by atoms with Gasteiger partial charge in [-0.1, -0.05) is 121 Å². The van der Waals surface area contributed by atoms with Crippen molar-refractivity contribution in [1.82, 2.24) is 45.6 Å². The van der Waals surface area contributed by atoms with Crippen LogP contribution >= 0.6 is 11.6 Å². The summed E-state index contributed by atoms with van der Waals surface area (Å²) in [6.45, 7) is 5.60. The fourth-order valence-corrected chi connectivity index (χ4v) is 8.94. The topological polar surface area (TPSA) is 214 Å². The second-order valence-electron chi connectivity index (χ2n) is 19.3. The summed E-state index contributed by atoms with van der Waals surface area (Å²) in [6.07, 6.45) is 13.4. The van der Waals surface area contributed by atoms with E-state index in [-0.39, 0.29) is 17.2 Å². The minimum atomic E-state index is -1.41. The molecule has 364 valence electrons. The molecule has 0 atom stereocenters. The first-order valence-electron chi connectivity index (χ1n) is 24.0. The van der Waals surface area contributed by atoms with Gasteiger partial charge in [-0.3, -0.25) is 15.2 Å². The summed E-state index contributed by atoms with van der Waals surface area (Å²) in [7, 11) is -1.41. The second kappa shape index (κ2) is 20.2. The number of nitrogens with zero attached hydrogens (tertiary/aromatic N) is 6. The molecule has 16 heteroatoms. The van der Waals surface area contributed by atoms with E-state index in [9.17, 15) is 4.79 Å². The first-order chi connectivity index (χ1) is 35.3. The number of hydrogen-bond donors (Lipinski definition) is 6. The van der Waals surface area contributed by atoms with Gasteiger partial charge in [0.2, 0.25) is 0 Å². The Hall–Kier alpha value is -8.08. The summed E-state index contributed by atoms with van der Waals surface area (Å²) in [6, 6.07) is 45.4. The van der Waals surface area contributed by atoms with Crippen molar-refractivity contribution in [2.24, 2.45) is 5.73 Å². The Kier molecular flexibility index (Phi) is 13.4. The van der Waals surface area contributed by atoms with Crippen molar-refractivity contribution in [1.29, 1.82) is 0 Å². The highest BCUT2D eigenvalue weighted by atomic mass is 35.5. The lowest BCUT2D eigenvalue weighted by atomic mass is 9.83. The number of carbonyl (C=O) groups excluding carboxylic acids is 1. The summed E-state index contributed by atoms with van der Waals surface area (Å²) in [5, 5.41) is 35.1. The molecule has 0 unspecified atom stereocenters. The number of nitrogens with two attached hydrogens (primary N) is 1. The van der Waals surface area contributed by atoms with Gasteiger partial charge in [-0.25, -0.2) is 19.7 Å². The van der Waals surface area contributed by atoms with Gasteiger partial charge in [0.05, 0.1) is 39.9 Å². The lowest BCUT2D eigenvalue weighted by Gasteiger charge is -2.24. The van der Waals surface area contributed by atoms with E-state index in [1.54, 1.807) is 18.6 Å². The molecule has 0 radical (unpaired) electrons. The molecular formula is C57H52BClN10O4. The van der Waals surface area contributed by atoms with Crippen LogP contribution in [0.1, 0.15) is 57.6 Å². The van der Waals surface area contributed by atoms with E-state index in [2.05, 4.69) is 133 Å². The van der Waals surface area contributed by atoms with Crippen molar-refractivity contribution in [2.45, 2.75) is 63.1 Å². The number of alkyl carbamates (subject to hydrolysis) is 1. The van der Waals surface area contributed by atoms with Crippen LogP contribution in [0.4, 0.5) is 4.79 Å². The van der Waals surface area contributed by atoms with E-state index in [0.717, 1.165) is 109 Å². The normalized spacial score (nSPS) is 14.0. The maximum atomic E-state index is 12.4. The van der Waals surface area contributed by atoms with E-state index < -0.39 is 12.7 Å². The predicted molar refractivity (Wildman–Crippen MR) is 287 cm³/mol. The van der Waals surface area contributed by atoms with E-state index in [1.165, 1.54) is 18.0 Å². The molecule has 73 heavy (non-hydrogen) atoms. The molecule has 7 N–H and O–H groups in total. The third-order valence-electron chi connectivity index (χ3n) is 12.9. The predicted octanol–water partition coefficient (Wildman–Crippen LogP) is 10.5. The van der Waals surface area contributed by atoms with Crippen molar-refractivity contribution >= 4 is 52.1 Å². The number of amides is 1. The largest absolute Gasteiger partial charge is 0.491 e. The van der Waals surface area contributed by atoms with Crippen molar-refractivity contribution < 1.29 is 19.6 Å². The average Bonchev–Trinajstić information content (AvgIpc) is 4.15. The number of nitrogens with one attached hydrogen (secondary N) is 3. The molecule has 4 aromatic carbocycles. The molecule has 2 fully saturated rings. The third-order valence-corrected chi connectivity index (χ3v) is 13.2. The maximum absolute atomic E-state index is 12.4. The lowest BCUT2D eigenvalue weighted by Crippen LogP contribution is -2.39. The smallest absolute Gasteiger partial charge is 0.444 e. The van der Waals surface area contributed by atoms with Gasteiger partial charge in [0.15, 0.2) is 0 Å². The SMILES string of the molecule is CC(C)(C)OC(=O)NC1(c2ccc(-c3nc4ccnc(Cl)c4cc3-c3ccccc3)cc2)CC1.NC1(c2ccc(-c3nc4ccnc(-c5cn[nH]c5)c4cc3-c3ccccc3)cc2)CC1.OB(O)c1cn[nH]c1. The molecule has 14 nitrogen and oxygen atoms in total. The van der Waals surface area contributed by atoms with E-state index >= 15 is 0 Å². The Labute approximate surface area is 427 Å². The first kappa shape index (κ1) is 48.5. The highest BCUT2D eigenvalue weighted by Crippen LogP contribution is 2.47. The van der Waals surface area contributed by atoms with Gasteiger partial charge < -0.3 is 25.8 Å². The van der Waals surface area contributed by atoms with Crippen molar-refractivity contribution in [3.05, 3.63) is 187 Å². The van der Waals surface area contributed by atoms with Crippen LogP contribution in [-0.2, 0) is 15.8 Å². The van der Waals surface area contributed by atoms with Crippen LogP contribution in [0, 0.1) is 0 Å². The summed E-state index contributed by atoms with van der Waals surface area (Å²) in [4.78, 5) is 31.3. The summed E-state index contributed by atoms with van der Waals surface area (Å²) in [5.41, 5.74) is 19.7. The number of aromatic amines is 2. The number of H-pyrrole nitrogens is 2. The number of fused-ring (bicyclic) bond motifs is 2. The van der Waals surface area contributed by atoms with Gasteiger partial charge in [0.25, 0.3) is 0 Å². The zero-order valence-electron chi connectivity index (χ0n) is 40.4. The quantitative estimate of drug-likeness (QED) is 0.0591. The second-order valence-corrected chi connectivity index (χ2v) is 19.7. The maximum Gasteiger partial charge on any atom is 0.491 e. The van der Waals surface area contributed by atoms with E-state index in [1.807, 2.05) is 63.4 Å². The van der Waals surface area contributed by atoms with Gasteiger partial charge in [-0.05, 0) is 93.0 Å². The lowest BCUT2D eigenvalue weighted by molar-refractivity contribution is 0.0495. The number of rotatable bonds is 9. The van der Waals surface area contributed by atoms with E-state index in [4.69, 9.17) is 42.1 Å². The highest BCUT2D eigenvalue weighted by Gasteiger charge is 2.46. The van der Waals surface area contributed by atoms with E-state index in [0.29, 0.717) is 10.6 Å². The Bertz CT molecular complexity index is 3510. The highest BCUT2D eigenvalue weighted by molar-refractivity contribution is 6.58. The Morgan fingerprint density at radius 2 is 1.18 bits per heavy atom. The summed E-state index contributed by atoms with van der Waals surface area (Å²) < 4.78 is 5.47. The molecule has 1 amide bonds. The zero-order chi connectivity index (χ0) is 50.7. The molecule has 0 bridgehead atoms. The van der Waals surface area contributed by atoms with Crippen LogP contribution < -0.4 is 16.5 Å². The molecule has 6 aromatic heterocycles. The molecule has 2 saturated carbocycles. The van der Waals surface area contributed by atoms with Crippen LogP contribution in [0.2, 0.25) is 5.15 Å². The van der Waals surface area contributed by atoms with Gasteiger partial charge in [-0.15, -0.1) is 0 Å². The molecule has 6 heterocycles. The van der Waals surface area contributed by atoms with Gasteiger partial charge in [-0.2, -0.15) is 10.2 Å². The summed E-state index contributed by atoms with van der Waals surface area (Å²) in [5.74, 6) is 0. The Morgan fingerprint density at radius 1 is 0.644 bits per heavy atom. The molecule has 2 aliphatic carbocycles. The van der Waals surface area contributed by atoms with Gasteiger partial charge in [0, 0.05) is 80.6 Å². The average molecular weight is 987 g/mol. The molecule has 10 aromatic rings. The number of aromatic nitrogens is 8. The number of halogens is 1. The monoisotopic (exact) mass is 986 g/mol. The number of benzene rings is 4. The zero-order valence-corrected chi connectivity index (χ0v) is 41.2. The van der Waals surface area contributed by atoms with Crippen molar-refractivity contribution in [2.75, 3.05) is 0 Å². The van der Waals surface area contributed by atoms with Crippen molar-refractivity contribution in [3.8, 4) is 56.0 Å². The first-order valence-corrected chi connectivity index (χ1v) is 24.4. The van der Waals surface area contributed by atoms with Crippen LogP contribution in [0.25, 0.3) is 77.8 Å². The van der Waals surface area contributed by atoms with Crippen LogP contribution in [0.3, 0.4) is 0 Å². The third kappa shape index (κ3) is 10.9. The molecule has 0 aliphatic heterocycles. The fraction of sp³-hybridized carbons (Fsp3) is 0.175. The fourth-order valence-electron chi connectivity index (χ4n) is 8.73. The number of ether oxygens (including phenoxy) is 1. The minimum absolute atomic E-state index is 0.136. The van der Waals surface area contributed by atoms with Crippen molar-refractivity contribution in [3.63, 3.8) is 0 Å². The number of carbonyl (C=O) groups is 1. The standard InChI is InChI=1S/C28H26ClN3O2.C26H21N5.C3H5BN2O2/c1-27(2,3)34-26(33)32-28(14-15-28)20-11-9-19(10-12-20)24-21(18-7-5-4-6-8-18)17-22-23(31-24)13-16-30-25(22)29;27-26(11-12-26)20-8-6-18(7-9-20)25-21(17-4-2-1-3-5-17)14-22-23(31-25)10-13-28-24(22)19-15-29-30-16-19;7-4(8)3-1-5-6-2-3/h4-13,16-17H,14-15H2,1-3H3,(H,32,33);1-10,13-16H,11-12,27H2,(H,29,30);1-2,7-8H,(H,5,6). The Morgan fingerprint density at radius 3 is 1.67 bits per heavy atom. The van der Waals surface area contributed by atoms with Gasteiger partial charge in [0.1, 0.15) is 10.8 Å². The van der Waals surface area contributed by atoms with Crippen LogP contribution in [0.5, 0.6) is 0 Å². The number of pyridine rings is 4. The minimum Gasteiger partial charge on any atom is -0.444 e. The number of hydrogen-bond acceptors (Lipinski definition) is 11. The van der Waals surface area contributed by atoms with Crippen LogP contribution in [0.15, 0.2) is 171 Å². The molecule has 2 aliphatic rings. The molecule has 0 spiro atoms. The summed E-state index contributed by atoms with van der Waals surface area (Å²) >= 11 is 6.38. The Balaban J connectivity index is 0.000000146. The molecular weight excluding hydrogens is 935 g/mol.